The van der Waals surface area contributed by atoms with E-state index < -0.39 is 31.6 Å². The van der Waals surface area contributed by atoms with Gasteiger partial charge in [-0.2, -0.15) is 0 Å². The van der Waals surface area contributed by atoms with Crippen LogP contribution in [0.3, 0.4) is 0 Å². The van der Waals surface area contributed by atoms with Gasteiger partial charge in [0.2, 0.25) is 0 Å². The van der Waals surface area contributed by atoms with Gasteiger partial charge < -0.3 is 4.98 Å². The van der Waals surface area contributed by atoms with Crippen molar-refractivity contribution in [2.75, 3.05) is 0 Å². The molecule has 0 fully saturated rings. The lowest BCUT2D eigenvalue weighted by Crippen LogP contribution is -2.36. The van der Waals surface area contributed by atoms with Crippen molar-refractivity contribution < 1.29 is 5.52 Å². The van der Waals surface area contributed by atoms with Crippen molar-refractivity contribution >= 4 is 11.2 Å². The maximum absolute atomic E-state index is 11.8. The Morgan fingerprint density at radius 1 is 1.62 bits per heavy atom. The van der Waals surface area contributed by atoms with Gasteiger partial charge in [-0.25, -0.2) is 9.78 Å². The summed E-state index contributed by atoms with van der Waals surface area (Å²) < 4.78 is 30.5. The number of fused-ring (bicyclic) bond motifs is 1. The van der Waals surface area contributed by atoms with Crippen LogP contribution in [0.2, 0.25) is 1.41 Å². The zero-order chi connectivity index (χ0) is 12.7. The zero-order valence-electron chi connectivity index (χ0n) is 10.5. The van der Waals surface area contributed by atoms with E-state index in [0.717, 1.165) is 4.57 Å². The third-order valence-electron chi connectivity index (χ3n) is 1.69. The number of imidazole rings is 1. The molecule has 0 amide bonds. The molecule has 0 unspecified atom stereocenters. The average Bonchev–Trinajstić information content (AvgIpc) is 2.57. The van der Waals surface area contributed by atoms with Gasteiger partial charge in [-0.05, 0) is 0 Å². The Labute approximate surface area is 78.1 Å². The summed E-state index contributed by atoms with van der Waals surface area (Å²) in [5.74, 6) is 0. The van der Waals surface area contributed by atoms with E-state index in [4.69, 9.17) is 5.52 Å². The number of H-pyrrole nitrogens is 1. The summed E-state index contributed by atoms with van der Waals surface area (Å²) in [6, 6.07) is 0. The summed E-state index contributed by atoms with van der Waals surface area (Å²) in [5, 5.41) is 0. The van der Waals surface area contributed by atoms with Crippen molar-refractivity contribution in [3.63, 3.8) is 0 Å². The number of aryl methyl sites for hydroxylation is 1. The first-order valence-corrected chi connectivity index (χ1v) is 3.33. The summed E-state index contributed by atoms with van der Waals surface area (Å²) in [4.78, 5) is 27.6. The normalized spacial score (nSPS) is 15.1. The molecule has 2 heterocycles. The van der Waals surface area contributed by atoms with Gasteiger partial charge in [0.1, 0.15) is 6.89 Å². The summed E-state index contributed by atoms with van der Waals surface area (Å²) in [7, 11) is -1.10. The van der Waals surface area contributed by atoms with Gasteiger partial charge in [0.05, 0.1) is 6.30 Å². The Balaban J connectivity index is 3.12. The minimum atomic E-state index is -0.842. The molecule has 6 heteroatoms. The van der Waals surface area contributed by atoms with E-state index in [-0.39, 0.29) is 11.2 Å². The fraction of sp³-hybridized carbons (Fsp3) is 0.286. The topological polar surface area (TPSA) is 72.7 Å². The molecule has 0 radical (unpaired) electrons. The van der Waals surface area contributed by atoms with Crippen LogP contribution >= 0.6 is 0 Å². The predicted octanol–water partition coefficient (Wildman–Crippen LogP) is -1.04. The monoisotopic (exact) mass is 184 g/mol. The largest absolute Gasteiger partial charge is 0.339 e. The summed E-state index contributed by atoms with van der Waals surface area (Å²) in [6.45, 7) is 0. The van der Waals surface area contributed by atoms with Crippen LogP contribution in [-0.4, -0.2) is 19.1 Å². The van der Waals surface area contributed by atoms with Crippen LogP contribution in [0.25, 0.3) is 11.2 Å². The highest BCUT2D eigenvalue weighted by molar-refractivity contribution is 5.68. The number of aromatic nitrogens is 4. The first kappa shape index (κ1) is 4.40. The third kappa shape index (κ3) is 0.851. The molecule has 0 aromatic carbocycles. The number of aromatic amines is 1. The van der Waals surface area contributed by atoms with Gasteiger partial charge in [0.15, 0.2) is 7.06 Å². The minimum Gasteiger partial charge on any atom is -0.339 e. The second-order valence-electron chi connectivity index (χ2n) is 2.44. The van der Waals surface area contributed by atoms with E-state index in [2.05, 4.69) is 4.98 Å². The Bertz CT molecular complexity index is 700. The van der Waals surface area contributed by atoms with Crippen LogP contribution in [0, 0.1) is 0 Å². The molecule has 6 nitrogen and oxygen atoms in total. The minimum absolute atomic E-state index is 0.167. The van der Waals surface area contributed by atoms with Gasteiger partial charge >= 0.3 is 5.69 Å². The van der Waals surface area contributed by atoms with Gasteiger partial charge in [-0.3, -0.25) is 13.9 Å². The molecule has 2 aromatic rings. The zero-order valence-corrected chi connectivity index (χ0v) is 6.52. The molecule has 68 valence electrons. The van der Waals surface area contributed by atoms with Crippen LogP contribution in [0.15, 0.2) is 15.9 Å². The van der Waals surface area contributed by atoms with E-state index in [9.17, 15) is 9.59 Å². The quantitative estimate of drug-likeness (QED) is 0.568. The first-order chi connectivity index (χ1) is 8.02. The highest BCUT2D eigenvalue weighted by Crippen LogP contribution is 1.97. The van der Waals surface area contributed by atoms with Crippen LogP contribution in [0.4, 0.5) is 0 Å². The molecule has 0 aliphatic rings. The third-order valence-corrected chi connectivity index (χ3v) is 1.69. The van der Waals surface area contributed by atoms with Gasteiger partial charge in [-0.15, -0.1) is 0 Å². The summed E-state index contributed by atoms with van der Waals surface area (Å²) >= 11 is 0. The van der Waals surface area contributed by atoms with Crippen LogP contribution < -0.4 is 11.2 Å². The SMILES string of the molecule is [2H]Cn1c(=O)c2c(nc([2H])n2[2H])n(C[2H])c1=O. The number of nitrogens with zero attached hydrogens (tertiary/aromatic N) is 3. The van der Waals surface area contributed by atoms with Crippen molar-refractivity contribution in [3.05, 3.63) is 27.1 Å². The van der Waals surface area contributed by atoms with Gasteiger partial charge in [-0.1, -0.05) is 0 Å². The molecule has 0 atom stereocenters. The van der Waals surface area contributed by atoms with Gasteiger partial charge in [0, 0.05) is 16.8 Å². The van der Waals surface area contributed by atoms with Crippen LogP contribution in [0.1, 0.15) is 4.11 Å². The van der Waals surface area contributed by atoms with Crippen LogP contribution in [0.5, 0.6) is 0 Å². The van der Waals surface area contributed by atoms with E-state index >= 15 is 0 Å². The molecule has 0 spiro atoms. The second-order valence-corrected chi connectivity index (χ2v) is 2.44. The highest BCUT2D eigenvalue weighted by Gasteiger charge is 2.08. The van der Waals surface area contributed by atoms with Gasteiger partial charge in [0.25, 0.3) is 5.56 Å². The number of hydrogen-bond acceptors (Lipinski definition) is 3. The van der Waals surface area contributed by atoms with E-state index in [1.807, 2.05) is 0 Å². The Hall–Kier alpha value is -1.85. The van der Waals surface area contributed by atoms with Crippen molar-refractivity contribution in [2.45, 2.75) is 0 Å². The Kier molecular flexibility index (Phi) is 0.785. The molecule has 0 bridgehead atoms. The van der Waals surface area contributed by atoms with Crippen molar-refractivity contribution in [2.24, 2.45) is 14.0 Å². The lowest BCUT2D eigenvalue weighted by molar-refractivity contribution is 0.709. The molecular weight excluding hydrogens is 172 g/mol. The molecule has 0 saturated heterocycles. The molecule has 1 N–H and O–H groups in total. The standard InChI is InChI=1S/C7H8N4O2/c1-10-5-4(8-3-9-5)6(12)11(2)7(10)13/h3H,1-2H3,(H,8,9)/i1D,2D,3D/hD. The van der Waals surface area contributed by atoms with Crippen molar-refractivity contribution in [3.8, 4) is 0 Å². The molecule has 0 aliphatic carbocycles. The number of nitrogens with one attached hydrogen (secondary N) is 1. The fourth-order valence-electron chi connectivity index (χ4n) is 1.01. The molecule has 0 aliphatic heterocycles. The maximum atomic E-state index is 11.8. The molecule has 13 heavy (non-hydrogen) atoms. The summed E-state index contributed by atoms with van der Waals surface area (Å²) in [6.07, 6.45) is -0.499. The smallest absolute Gasteiger partial charge is 0.332 e. The van der Waals surface area contributed by atoms with E-state index in [1.165, 1.54) is 0 Å². The average molecular weight is 184 g/mol. The Morgan fingerprint density at radius 2 is 2.38 bits per heavy atom. The van der Waals surface area contributed by atoms with Crippen molar-refractivity contribution in [1.82, 2.24) is 19.1 Å². The van der Waals surface area contributed by atoms with Crippen LogP contribution in [-0.2, 0) is 14.0 Å². The molecule has 0 saturated carbocycles. The van der Waals surface area contributed by atoms with Crippen molar-refractivity contribution in [1.29, 1.82) is 0 Å². The van der Waals surface area contributed by atoms with E-state index in [1.54, 1.807) is 0 Å². The van der Waals surface area contributed by atoms with E-state index in [0.29, 0.717) is 9.54 Å². The number of rotatable bonds is 0. The first-order valence-electron chi connectivity index (χ1n) is 5.69. The molecular formula is C7H8N4O2. The Morgan fingerprint density at radius 3 is 3.08 bits per heavy atom. The lowest BCUT2D eigenvalue weighted by Gasteiger charge is -2.00. The lowest BCUT2D eigenvalue weighted by atomic mass is 10.5. The summed E-state index contributed by atoms with van der Waals surface area (Å²) in [5.41, 5.74) is -2.11. The molecule has 2 aromatic heterocycles. The second kappa shape index (κ2) is 2.32. The highest BCUT2D eigenvalue weighted by atomic mass is 16.2. The predicted molar refractivity (Wildman–Crippen MR) is 46.6 cm³/mol. The fourth-order valence-corrected chi connectivity index (χ4v) is 1.01. The molecule has 2 rings (SSSR count). The number of hydrogen-bond donors (Lipinski definition) is 1. The maximum Gasteiger partial charge on any atom is 0.332 e.